The van der Waals surface area contributed by atoms with Crippen LogP contribution in [0.15, 0.2) is 35.2 Å². The zero-order chi connectivity index (χ0) is 22.2. The Hall–Kier alpha value is -2.45. The van der Waals surface area contributed by atoms with Crippen molar-refractivity contribution in [1.29, 1.82) is 0 Å². The molecule has 1 aromatic carbocycles. The van der Waals surface area contributed by atoms with E-state index in [1.165, 1.54) is 16.4 Å². The van der Waals surface area contributed by atoms with Crippen LogP contribution in [0.2, 0.25) is 0 Å². The number of rotatable bonds is 7. The van der Waals surface area contributed by atoms with E-state index in [0.29, 0.717) is 24.7 Å². The van der Waals surface area contributed by atoms with Crippen LogP contribution in [-0.2, 0) is 14.8 Å². The molecule has 0 bridgehead atoms. The van der Waals surface area contributed by atoms with Crippen LogP contribution in [0.1, 0.15) is 70.2 Å². The summed E-state index contributed by atoms with van der Waals surface area (Å²) in [5, 5.41) is 0. The molecule has 0 radical (unpaired) electrons. The first-order valence-electron chi connectivity index (χ1n) is 10.8. The largest absolute Gasteiger partial charge is 0.454 e. The third-order valence-electron chi connectivity index (χ3n) is 6.07. The van der Waals surface area contributed by atoms with Crippen LogP contribution in [0.3, 0.4) is 0 Å². The van der Waals surface area contributed by atoms with Gasteiger partial charge in [0, 0.05) is 36.1 Å². The zero-order valence-electron chi connectivity index (χ0n) is 18.0. The lowest BCUT2D eigenvalue weighted by atomic mass is 10.1. The Bertz CT molecular complexity index is 1110. The number of hydrogen-bond donors (Lipinski definition) is 0. The number of Topliss-reactive ketones (excluding diaryl/α,β-unsaturated/α-hetero) is 1. The van der Waals surface area contributed by atoms with Crippen LogP contribution in [0.25, 0.3) is 0 Å². The monoisotopic (exact) mass is 444 g/mol. The maximum atomic E-state index is 13.1. The fourth-order valence-corrected chi connectivity index (χ4v) is 6.04. The maximum Gasteiger partial charge on any atom is 0.339 e. The molecule has 0 spiro atoms. The standard InChI is InChI=1S/C23H28N2O5S/c1-16-14-20(17(2)25(16)18-10-11-18)21(26)15-30-23(27)19-8-4-5-9-22(19)31(28,29)24-12-6-3-7-13-24/h4-5,8-9,14,18H,3,6-7,10-13,15H2,1-2H3. The molecule has 1 aromatic heterocycles. The fraction of sp³-hybridized carbons (Fsp3) is 0.478. The molecule has 2 aliphatic rings. The number of hydrogen-bond acceptors (Lipinski definition) is 5. The third-order valence-corrected chi connectivity index (χ3v) is 8.03. The fourth-order valence-electron chi connectivity index (χ4n) is 4.35. The summed E-state index contributed by atoms with van der Waals surface area (Å²) < 4.78 is 35.0. The van der Waals surface area contributed by atoms with E-state index in [0.717, 1.165) is 43.5 Å². The van der Waals surface area contributed by atoms with Gasteiger partial charge in [-0.05, 0) is 57.7 Å². The van der Waals surface area contributed by atoms with E-state index in [1.807, 2.05) is 19.9 Å². The lowest BCUT2D eigenvalue weighted by Gasteiger charge is -2.26. The number of benzene rings is 1. The summed E-state index contributed by atoms with van der Waals surface area (Å²) in [7, 11) is -3.80. The van der Waals surface area contributed by atoms with E-state index in [-0.39, 0.29) is 16.2 Å². The Labute approximate surface area is 183 Å². The quantitative estimate of drug-likeness (QED) is 0.481. The highest BCUT2D eigenvalue weighted by molar-refractivity contribution is 7.89. The second kappa shape index (κ2) is 8.59. The Kier molecular flexibility index (Phi) is 6.03. The van der Waals surface area contributed by atoms with Gasteiger partial charge in [-0.25, -0.2) is 13.2 Å². The highest BCUT2D eigenvalue weighted by Gasteiger charge is 2.31. The van der Waals surface area contributed by atoms with Gasteiger partial charge in [0.15, 0.2) is 6.61 Å². The van der Waals surface area contributed by atoms with Crippen molar-refractivity contribution in [3.05, 3.63) is 52.8 Å². The maximum absolute atomic E-state index is 13.1. The van der Waals surface area contributed by atoms with Crippen molar-refractivity contribution in [3.8, 4) is 0 Å². The molecular formula is C23H28N2O5S. The first-order valence-corrected chi connectivity index (χ1v) is 12.2. The van der Waals surface area contributed by atoms with Crippen LogP contribution in [-0.4, -0.2) is 48.7 Å². The average Bonchev–Trinajstić information content (AvgIpc) is 3.56. The van der Waals surface area contributed by atoms with Gasteiger partial charge in [-0.2, -0.15) is 4.31 Å². The van der Waals surface area contributed by atoms with Crippen LogP contribution >= 0.6 is 0 Å². The van der Waals surface area contributed by atoms with Gasteiger partial charge in [-0.1, -0.05) is 18.6 Å². The van der Waals surface area contributed by atoms with Crippen molar-refractivity contribution >= 4 is 21.8 Å². The molecule has 0 unspecified atom stereocenters. The molecule has 166 valence electrons. The molecule has 2 fully saturated rings. The molecule has 1 saturated carbocycles. The predicted molar refractivity (Wildman–Crippen MR) is 116 cm³/mol. The van der Waals surface area contributed by atoms with Gasteiger partial charge in [0.25, 0.3) is 0 Å². The lowest BCUT2D eigenvalue weighted by Crippen LogP contribution is -2.36. The van der Waals surface area contributed by atoms with Gasteiger partial charge in [-0.3, -0.25) is 4.79 Å². The van der Waals surface area contributed by atoms with Crippen LogP contribution in [0.5, 0.6) is 0 Å². The molecule has 0 N–H and O–H groups in total. The van der Waals surface area contributed by atoms with Crippen molar-refractivity contribution in [2.24, 2.45) is 0 Å². The van der Waals surface area contributed by atoms with Crippen molar-refractivity contribution in [1.82, 2.24) is 8.87 Å². The molecule has 8 heteroatoms. The molecule has 7 nitrogen and oxygen atoms in total. The Morgan fingerprint density at radius 1 is 1.03 bits per heavy atom. The molecule has 2 aromatic rings. The van der Waals surface area contributed by atoms with Gasteiger partial charge in [0.05, 0.1) is 10.5 Å². The summed E-state index contributed by atoms with van der Waals surface area (Å²) in [5.41, 5.74) is 2.41. The van der Waals surface area contributed by atoms with Crippen molar-refractivity contribution < 1.29 is 22.7 Å². The number of carbonyl (C=O) groups excluding carboxylic acids is 2. The van der Waals surface area contributed by atoms with E-state index < -0.39 is 22.6 Å². The normalized spacial score (nSPS) is 17.5. The number of aromatic nitrogens is 1. The second-order valence-electron chi connectivity index (χ2n) is 8.35. The number of sulfonamides is 1. The molecule has 4 rings (SSSR count). The molecular weight excluding hydrogens is 416 g/mol. The number of ketones is 1. The van der Waals surface area contributed by atoms with Crippen LogP contribution < -0.4 is 0 Å². The van der Waals surface area contributed by atoms with E-state index in [4.69, 9.17) is 4.74 Å². The molecule has 0 amide bonds. The first kappa shape index (κ1) is 21.8. The van der Waals surface area contributed by atoms with E-state index in [1.54, 1.807) is 12.1 Å². The van der Waals surface area contributed by atoms with Crippen molar-refractivity contribution in [3.63, 3.8) is 0 Å². The number of carbonyl (C=O) groups is 2. The Morgan fingerprint density at radius 2 is 1.71 bits per heavy atom. The summed E-state index contributed by atoms with van der Waals surface area (Å²) >= 11 is 0. The molecule has 2 heterocycles. The van der Waals surface area contributed by atoms with Gasteiger partial charge in [0.1, 0.15) is 0 Å². The number of nitrogens with zero attached hydrogens (tertiary/aromatic N) is 2. The van der Waals surface area contributed by atoms with Gasteiger partial charge in [-0.15, -0.1) is 0 Å². The molecule has 1 aliphatic heterocycles. The Balaban J connectivity index is 1.50. The van der Waals surface area contributed by atoms with E-state index in [2.05, 4.69) is 4.57 Å². The summed E-state index contributed by atoms with van der Waals surface area (Å²) in [4.78, 5) is 25.4. The zero-order valence-corrected chi connectivity index (χ0v) is 18.8. The minimum Gasteiger partial charge on any atom is -0.454 e. The molecule has 0 atom stereocenters. The van der Waals surface area contributed by atoms with E-state index in [9.17, 15) is 18.0 Å². The highest BCUT2D eigenvalue weighted by Crippen LogP contribution is 2.38. The lowest BCUT2D eigenvalue weighted by molar-refractivity contribution is 0.0470. The topological polar surface area (TPSA) is 85.7 Å². The average molecular weight is 445 g/mol. The minimum atomic E-state index is -3.80. The third kappa shape index (κ3) is 4.32. The van der Waals surface area contributed by atoms with Crippen molar-refractivity contribution in [2.75, 3.05) is 19.7 Å². The summed E-state index contributed by atoms with van der Waals surface area (Å²) in [6, 6.07) is 8.32. The number of esters is 1. The predicted octanol–water partition coefficient (Wildman–Crippen LogP) is 3.65. The van der Waals surface area contributed by atoms with Crippen LogP contribution in [0, 0.1) is 13.8 Å². The van der Waals surface area contributed by atoms with Crippen molar-refractivity contribution in [2.45, 2.75) is 56.9 Å². The Morgan fingerprint density at radius 3 is 2.39 bits per heavy atom. The summed E-state index contributed by atoms with van der Waals surface area (Å²) in [5.74, 6) is -1.09. The van der Waals surface area contributed by atoms with Gasteiger partial charge in [0.2, 0.25) is 15.8 Å². The molecule has 1 aliphatic carbocycles. The first-order chi connectivity index (χ1) is 14.8. The number of ether oxygens (including phenoxy) is 1. The smallest absolute Gasteiger partial charge is 0.339 e. The number of aryl methyl sites for hydroxylation is 1. The number of piperidine rings is 1. The van der Waals surface area contributed by atoms with Gasteiger partial charge >= 0.3 is 5.97 Å². The second-order valence-corrected chi connectivity index (χ2v) is 10.3. The van der Waals surface area contributed by atoms with Gasteiger partial charge < -0.3 is 9.30 Å². The molecule has 1 saturated heterocycles. The highest BCUT2D eigenvalue weighted by atomic mass is 32.2. The summed E-state index contributed by atoms with van der Waals surface area (Å²) in [6.07, 6.45) is 4.83. The minimum absolute atomic E-state index is 0.0377. The molecule has 31 heavy (non-hydrogen) atoms. The SMILES string of the molecule is Cc1cc(C(=O)COC(=O)c2ccccc2S(=O)(=O)N2CCCCC2)c(C)n1C1CC1. The summed E-state index contributed by atoms with van der Waals surface area (Å²) in [6.45, 7) is 4.34. The van der Waals surface area contributed by atoms with E-state index >= 15 is 0 Å². The van der Waals surface area contributed by atoms with Crippen LogP contribution in [0.4, 0.5) is 0 Å².